The second-order valence-electron chi connectivity index (χ2n) is 4.08. The van der Waals surface area contributed by atoms with Crippen molar-refractivity contribution in [2.75, 3.05) is 5.73 Å². The Kier molecular flexibility index (Phi) is 2.02. The van der Waals surface area contributed by atoms with Gasteiger partial charge in [0.25, 0.3) is 0 Å². The number of nitrogens with two attached hydrogens (primary N) is 1. The molecule has 0 saturated heterocycles. The van der Waals surface area contributed by atoms with Crippen LogP contribution in [0.3, 0.4) is 0 Å². The fraction of sp³-hybridized carbons (Fsp3) is 0.700. The van der Waals surface area contributed by atoms with Gasteiger partial charge in [-0.1, -0.05) is 13.3 Å². The van der Waals surface area contributed by atoms with Crippen LogP contribution >= 0.6 is 0 Å². The molecule has 0 aliphatic heterocycles. The van der Waals surface area contributed by atoms with E-state index in [1.165, 1.54) is 12.8 Å². The van der Waals surface area contributed by atoms with E-state index >= 15 is 0 Å². The van der Waals surface area contributed by atoms with Crippen LogP contribution in [0.2, 0.25) is 0 Å². The minimum atomic E-state index is 0.675. The van der Waals surface area contributed by atoms with Gasteiger partial charge in [-0.2, -0.15) is 5.10 Å². The van der Waals surface area contributed by atoms with E-state index in [-0.39, 0.29) is 0 Å². The lowest BCUT2D eigenvalue weighted by Gasteiger charge is -1.98. The van der Waals surface area contributed by atoms with Crippen molar-refractivity contribution in [2.24, 2.45) is 11.8 Å². The minimum absolute atomic E-state index is 0.675. The predicted molar refractivity (Wildman–Crippen MR) is 53.3 cm³/mol. The van der Waals surface area contributed by atoms with Gasteiger partial charge in [-0.15, -0.1) is 0 Å². The van der Waals surface area contributed by atoms with Crippen LogP contribution in [0.1, 0.15) is 25.3 Å². The van der Waals surface area contributed by atoms with Gasteiger partial charge in [0, 0.05) is 18.3 Å². The van der Waals surface area contributed by atoms with Crippen molar-refractivity contribution in [3.05, 3.63) is 11.8 Å². The Morgan fingerprint density at radius 3 is 2.85 bits per heavy atom. The summed E-state index contributed by atoms with van der Waals surface area (Å²) in [5.41, 5.74) is 6.76. The molecule has 1 aliphatic rings. The van der Waals surface area contributed by atoms with Gasteiger partial charge < -0.3 is 5.73 Å². The van der Waals surface area contributed by atoms with Crippen LogP contribution in [0.25, 0.3) is 0 Å². The number of nitrogens with zero attached hydrogens (tertiary/aromatic N) is 2. The molecule has 1 aromatic rings. The highest BCUT2D eigenvalue weighted by atomic mass is 15.3. The average molecular weight is 179 g/mol. The van der Waals surface area contributed by atoms with Gasteiger partial charge in [-0.05, 0) is 25.2 Å². The summed E-state index contributed by atoms with van der Waals surface area (Å²) in [6.07, 6.45) is 4.72. The fourth-order valence-electron chi connectivity index (χ4n) is 1.90. The lowest BCUT2D eigenvalue weighted by molar-refractivity contribution is 0.526. The van der Waals surface area contributed by atoms with Crippen molar-refractivity contribution in [3.8, 4) is 0 Å². The Bertz CT molecular complexity index is 284. The second kappa shape index (κ2) is 3.05. The normalized spacial score (nSPS) is 26.3. The molecule has 1 fully saturated rings. The standard InChI is InChI=1S/C10H17N3/c1-3-8-4-9(8)6-13-5-7(2)10(11)12-13/h5,8-9H,3-4,6H2,1-2H3,(H2,11,12). The molecule has 1 heterocycles. The number of hydrogen-bond acceptors (Lipinski definition) is 2. The Morgan fingerprint density at radius 2 is 2.38 bits per heavy atom. The quantitative estimate of drug-likeness (QED) is 0.769. The topological polar surface area (TPSA) is 43.8 Å². The highest BCUT2D eigenvalue weighted by molar-refractivity contribution is 5.35. The number of rotatable bonds is 3. The summed E-state index contributed by atoms with van der Waals surface area (Å²) in [5, 5.41) is 4.25. The third-order valence-electron chi connectivity index (χ3n) is 3.00. The number of hydrogen-bond donors (Lipinski definition) is 1. The zero-order valence-corrected chi connectivity index (χ0v) is 8.33. The van der Waals surface area contributed by atoms with Crippen LogP contribution in [-0.4, -0.2) is 9.78 Å². The van der Waals surface area contributed by atoms with E-state index in [0.717, 1.165) is 23.9 Å². The Balaban J connectivity index is 1.95. The van der Waals surface area contributed by atoms with Crippen LogP contribution in [0.4, 0.5) is 5.82 Å². The molecule has 0 radical (unpaired) electrons. The number of aryl methyl sites for hydroxylation is 1. The first-order chi connectivity index (χ1) is 6.20. The summed E-state index contributed by atoms with van der Waals surface area (Å²) in [7, 11) is 0. The van der Waals surface area contributed by atoms with Gasteiger partial charge in [-0.3, -0.25) is 4.68 Å². The maximum Gasteiger partial charge on any atom is 0.148 e. The molecule has 2 atom stereocenters. The van der Waals surface area contributed by atoms with E-state index in [4.69, 9.17) is 5.73 Å². The van der Waals surface area contributed by atoms with Gasteiger partial charge in [0.1, 0.15) is 5.82 Å². The maximum atomic E-state index is 5.67. The monoisotopic (exact) mass is 179 g/mol. The minimum Gasteiger partial charge on any atom is -0.382 e. The molecular formula is C10H17N3. The summed E-state index contributed by atoms with van der Waals surface area (Å²) in [5.74, 6) is 2.46. The molecule has 72 valence electrons. The largest absolute Gasteiger partial charge is 0.382 e. The van der Waals surface area contributed by atoms with Crippen LogP contribution in [0.5, 0.6) is 0 Å². The molecule has 0 aromatic carbocycles. The number of nitrogen functional groups attached to an aromatic ring is 1. The number of aromatic nitrogens is 2. The summed E-state index contributed by atoms with van der Waals surface area (Å²) in [6, 6.07) is 0. The Labute approximate surface area is 78.9 Å². The van der Waals surface area contributed by atoms with E-state index in [1.54, 1.807) is 0 Å². The first-order valence-corrected chi connectivity index (χ1v) is 5.00. The summed E-state index contributed by atoms with van der Waals surface area (Å²) in [6.45, 7) is 5.31. The third-order valence-corrected chi connectivity index (χ3v) is 3.00. The highest BCUT2D eigenvalue weighted by Crippen LogP contribution is 2.42. The molecule has 3 heteroatoms. The molecule has 0 bridgehead atoms. The Hall–Kier alpha value is -0.990. The second-order valence-corrected chi connectivity index (χ2v) is 4.08. The lowest BCUT2D eigenvalue weighted by atomic mass is 10.2. The van der Waals surface area contributed by atoms with Crippen molar-refractivity contribution in [3.63, 3.8) is 0 Å². The van der Waals surface area contributed by atoms with E-state index < -0.39 is 0 Å². The molecular weight excluding hydrogens is 162 g/mol. The van der Waals surface area contributed by atoms with Gasteiger partial charge in [0.05, 0.1) is 0 Å². The highest BCUT2D eigenvalue weighted by Gasteiger charge is 2.35. The zero-order chi connectivity index (χ0) is 9.42. The van der Waals surface area contributed by atoms with Crippen molar-refractivity contribution >= 4 is 5.82 Å². The Morgan fingerprint density at radius 1 is 1.62 bits per heavy atom. The van der Waals surface area contributed by atoms with Gasteiger partial charge >= 0.3 is 0 Å². The van der Waals surface area contributed by atoms with E-state index in [1.807, 2.05) is 17.8 Å². The summed E-state index contributed by atoms with van der Waals surface area (Å²) >= 11 is 0. The first-order valence-electron chi connectivity index (χ1n) is 5.00. The molecule has 1 saturated carbocycles. The SMILES string of the molecule is CCC1CC1Cn1cc(C)c(N)n1. The molecule has 3 nitrogen and oxygen atoms in total. The smallest absolute Gasteiger partial charge is 0.148 e. The molecule has 0 spiro atoms. The van der Waals surface area contributed by atoms with Gasteiger partial charge in [0.15, 0.2) is 0 Å². The zero-order valence-electron chi connectivity index (χ0n) is 8.33. The first kappa shape index (κ1) is 8.60. The van der Waals surface area contributed by atoms with Crippen LogP contribution in [0, 0.1) is 18.8 Å². The van der Waals surface area contributed by atoms with Crippen LogP contribution in [0.15, 0.2) is 6.20 Å². The van der Waals surface area contributed by atoms with Crippen molar-refractivity contribution < 1.29 is 0 Å². The van der Waals surface area contributed by atoms with E-state index in [9.17, 15) is 0 Å². The molecule has 13 heavy (non-hydrogen) atoms. The molecule has 2 unspecified atom stereocenters. The van der Waals surface area contributed by atoms with E-state index in [0.29, 0.717) is 5.82 Å². The van der Waals surface area contributed by atoms with Crippen molar-refractivity contribution in [1.82, 2.24) is 9.78 Å². The average Bonchev–Trinajstić information content (AvgIpc) is 2.75. The number of anilines is 1. The van der Waals surface area contributed by atoms with Crippen molar-refractivity contribution in [1.29, 1.82) is 0 Å². The molecule has 0 amide bonds. The third kappa shape index (κ3) is 1.69. The van der Waals surface area contributed by atoms with Crippen LogP contribution < -0.4 is 5.73 Å². The maximum absolute atomic E-state index is 5.67. The molecule has 2 rings (SSSR count). The van der Waals surface area contributed by atoms with Gasteiger partial charge in [0.2, 0.25) is 0 Å². The summed E-state index contributed by atoms with van der Waals surface area (Å²) in [4.78, 5) is 0. The molecule has 2 N–H and O–H groups in total. The molecule has 1 aliphatic carbocycles. The summed E-state index contributed by atoms with van der Waals surface area (Å²) < 4.78 is 1.99. The van der Waals surface area contributed by atoms with Crippen LogP contribution in [-0.2, 0) is 6.54 Å². The van der Waals surface area contributed by atoms with Gasteiger partial charge in [-0.25, -0.2) is 0 Å². The van der Waals surface area contributed by atoms with E-state index in [2.05, 4.69) is 12.0 Å². The fourth-order valence-corrected chi connectivity index (χ4v) is 1.90. The molecule has 1 aromatic heterocycles. The lowest BCUT2D eigenvalue weighted by Crippen LogP contribution is -2.02. The predicted octanol–water partition coefficient (Wildman–Crippen LogP) is 1.82. The van der Waals surface area contributed by atoms with Crippen molar-refractivity contribution in [2.45, 2.75) is 33.2 Å².